The zero-order chi connectivity index (χ0) is 12.6. The van der Waals surface area contributed by atoms with Crippen molar-refractivity contribution in [2.45, 2.75) is 90.9 Å². The van der Waals surface area contributed by atoms with Crippen LogP contribution in [0.3, 0.4) is 0 Å². The van der Waals surface area contributed by atoms with Crippen LogP contribution in [0.1, 0.15) is 90.9 Å². The smallest absolute Gasteiger partial charge is 0.0654 e. The van der Waals surface area contributed by atoms with Crippen molar-refractivity contribution < 1.29 is 0 Å². The molecule has 0 saturated heterocycles. The highest BCUT2D eigenvalue weighted by atomic mass is 32.2. The highest BCUT2D eigenvalue weighted by Gasteiger charge is 1.98. The minimum absolute atomic E-state index is 1.37. The van der Waals surface area contributed by atoms with E-state index < -0.39 is 0 Å². The van der Waals surface area contributed by atoms with Crippen molar-refractivity contribution in [3.05, 3.63) is 0 Å². The van der Waals surface area contributed by atoms with Gasteiger partial charge >= 0.3 is 0 Å². The molecular weight excluding hydrogens is 224 g/mol. The van der Waals surface area contributed by atoms with Crippen LogP contribution in [0, 0.1) is 0 Å². The van der Waals surface area contributed by atoms with Crippen molar-refractivity contribution in [2.24, 2.45) is 0 Å². The Hall–Kier alpha value is 0.350. The largest absolute Gasteiger partial charge is 0.105 e. The number of hydrogen-bond donors (Lipinski definition) is 0. The van der Waals surface area contributed by atoms with Gasteiger partial charge in [-0.25, -0.2) is 0 Å². The van der Waals surface area contributed by atoms with Gasteiger partial charge < -0.3 is 0 Å². The summed E-state index contributed by atoms with van der Waals surface area (Å²) in [6.07, 6.45) is 17.4. The molecule has 0 unspecified atom stereocenters. The van der Waals surface area contributed by atoms with E-state index in [-0.39, 0.29) is 0 Å². The fourth-order valence-electron chi connectivity index (χ4n) is 2.12. The van der Waals surface area contributed by atoms with E-state index in [0.717, 1.165) is 0 Å². The molecule has 104 valence electrons. The summed E-state index contributed by atoms with van der Waals surface area (Å²) in [5.74, 6) is 2.92. The minimum Gasteiger partial charge on any atom is -0.0654 e. The molecule has 0 saturated carbocycles. The molecule has 0 aliphatic heterocycles. The molecule has 1 heteroatoms. The van der Waals surface area contributed by atoms with Gasteiger partial charge in [0, 0.05) is 0 Å². The van der Waals surface area contributed by atoms with Crippen LogP contribution in [0.5, 0.6) is 0 Å². The summed E-state index contributed by atoms with van der Waals surface area (Å²) >= 11 is 1.72. The van der Waals surface area contributed by atoms with E-state index in [9.17, 15) is 0 Å². The van der Waals surface area contributed by atoms with Crippen LogP contribution in [0.25, 0.3) is 0 Å². The predicted octanol–water partition coefficient (Wildman–Crippen LogP) is 5.52. The van der Waals surface area contributed by atoms with E-state index in [2.05, 4.69) is 13.8 Å². The Bertz CT molecular complexity index is 109. The first-order valence-electron chi connectivity index (χ1n) is 8.05. The SMILES string of the molecule is CCCCCCCC[SH+]CCCCCCCC. The second-order valence-corrected chi connectivity index (χ2v) is 6.55. The number of rotatable bonds is 14. The van der Waals surface area contributed by atoms with Crippen LogP contribution in [0.2, 0.25) is 0 Å². The Balaban J connectivity index is 2.85. The molecule has 0 aromatic rings. The summed E-state index contributed by atoms with van der Waals surface area (Å²) in [5.41, 5.74) is 0. The van der Waals surface area contributed by atoms with Gasteiger partial charge in [0.05, 0.1) is 0 Å². The summed E-state index contributed by atoms with van der Waals surface area (Å²) in [4.78, 5) is 0. The second-order valence-electron chi connectivity index (χ2n) is 5.21. The highest BCUT2D eigenvalue weighted by Crippen LogP contribution is 2.07. The Morgan fingerprint density at radius 3 is 1.24 bits per heavy atom. The lowest BCUT2D eigenvalue weighted by Crippen LogP contribution is -1.95. The second kappa shape index (κ2) is 16.4. The lowest BCUT2D eigenvalue weighted by atomic mass is 10.1. The third-order valence-corrected chi connectivity index (χ3v) is 4.60. The molecule has 0 aliphatic rings. The quantitative estimate of drug-likeness (QED) is 0.219. The number of unbranched alkanes of at least 4 members (excludes halogenated alkanes) is 10. The van der Waals surface area contributed by atoms with Gasteiger partial charge in [-0.3, -0.25) is 0 Å². The molecule has 0 rings (SSSR count). The molecule has 0 bridgehead atoms. The molecule has 0 aromatic carbocycles. The molecule has 17 heavy (non-hydrogen) atoms. The fourth-order valence-corrected chi connectivity index (χ4v) is 3.24. The summed E-state index contributed by atoms with van der Waals surface area (Å²) in [6.45, 7) is 4.58. The molecule has 0 spiro atoms. The molecule has 0 atom stereocenters. The van der Waals surface area contributed by atoms with Gasteiger partial charge in [-0.05, 0) is 37.4 Å². The average molecular weight is 260 g/mol. The highest BCUT2D eigenvalue weighted by molar-refractivity contribution is 7.78. The van der Waals surface area contributed by atoms with E-state index in [1.807, 2.05) is 0 Å². The third kappa shape index (κ3) is 16.4. The Kier molecular flexibility index (Phi) is 16.7. The van der Waals surface area contributed by atoms with Crippen molar-refractivity contribution >= 4 is 11.8 Å². The topological polar surface area (TPSA) is 0 Å². The number of thiol groups is 1. The average Bonchev–Trinajstić information content (AvgIpc) is 2.35. The lowest BCUT2D eigenvalue weighted by Gasteiger charge is -1.98. The molecule has 0 nitrogen and oxygen atoms in total. The van der Waals surface area contributed by atoms with E-state index in [4.69, 9.17) is 0 Å². The van der Waals surface area contributed by atoms with Gasteiger partial charge in [0.2, 0.25) is 0 Å². The Labute approximate surface area is 114 Å². The summed E-state index contributed by atoms with van der Waals surface area (Å²) < 4.78 is 0. The summed E-state index contributed by atoms with van der Waals surface area (Å²) in [5, 5.41) is 0. The first-order chi connectivity index (χ1) is 8.41. The molecule has 0 N–H and O–H groups in total. The van der Waals surface area contributed by atoms with Crippen LogP contribution in [-0.2, 0) is 11.8 Å². The minimum atomic E-state index is 1.37. The zero-order valence-corrected chi connectivity index (χ0v) is 13.2. The van der Waals surface area contributed by atoms with Crippen LogP contribution >= 0.6 is 0 Å². The monoisotopic (exact) mass is 259 g/mol. The maximum absolute atomic E-state index is 2.29. The Morgan fingerprint density at radius 1 is 0.471 bits per heavy atom. The number of hydrogen-bond acceptors (Lipinski definition) is 0. The summed E-state index contributed by atoms with van der Waals surface area (Å²) in [6, 6.07) is 0. The normalized spacial score (nSPS) is 10.9. The molecule has 0 heterocycles. The van der Waals surface area contributed by atoms with E-state index >= 15 is 0 Å². The van der Waals surface area contributed by atoms with Gasteiger partial charge in [0.15, 0.2) is 0 Å². The van der Waals surface area contributed by atoms with Crippen LogP contribution in [0.15, 0.2) is 0 Å². The van der Waals surface area contributed by atoms with Gasteiger partial charge in [-0.2, -0.15) is 0 Å². The van der Waals surface area contributed by atoms with Crippen molar-refractivity contribution in [1.29, 1.82) is 0 Å². The van der Waals surface area contributed by atoms with Crippen LogP contribution in [-0.4, -0.2) is 11.5 Å². The molecule has 0 radical (unpaired) electrons. The Morgan fingerprint density at radius 2 is 0.824 bits per heavy atom. The maximum Gasteiger partial charge on any atom is 0.105 e. The first kappa shape index (κ1) is 17.4. The zero-order valence-electron chi connectivity index (χ0n) is 12.3. The first-order valence-corrected chi connectivity index (χ1v) is 9.31. The van der Waals surface area contributed by atoms with E-state index in [1.54, 1.807) is 11.8 Å². The van der Waals surface area contributed by atoms with Gasteiger partial charge in [-0.15, -0.1) is 0 Å². The van der Waals surface area contributed by atoms with Crippen molar-refractivity contribution in [1.82, 2.24) is 0 Å². The van der Waals surface area contributed by atoms with Gasteiger partial charge in [0.1, 0.15) is 11.5 Å². The standard InChI is InChI=1S/C16H34S/c1-3-5-7-9-11-13-15-17-16-14-12-10-8-6-4-2/h3-16H2,1-2H3/p+1. The van der Waals surface area contributed by atoms with Gasteiger partial charge in [0.25, 0.3) is 0 Å². The predicted molar refractivity (Wildman–Crippen MR) is 85.2 cm³/mol. The molecule has 0 amide bonds. The van der Waals surface area contributed by atoms with Crippen LogP contribution in [0.4, 0.5) is 0 Å². The van der Waals surface area contributed by atoms with Crippen LogP contribution < -0.4 is 0 Å². The van der Waals surface area contributed by atoms with Crippen molar-refractivity contribution in [3.63, 3.8) is 0 Å². The molecule has 0 fully saturated rings. The van der Waals surface area contributed by atoms with Crippen molar-refractivity contribution in [3.8, 4) is 0 Å². The summed E-state index contributed by atoms with van der Waals surface area (Å²) in [7, 11) is 0. The lowest BCUT2D eigenvalue weighted by molar-refractivity contribution is 0.623. The van der Waals surface area contributed by atoms with Gasteiger partial charge in [-0.1, -0.05) is 65.2 Å². The fraction of sp³-hybridized carbons (Fsp3) is 1.00. The van der Waals surface area contributed by atoms with E-state index in [0.29, 0.717) is 0 Å². The maximum atomic E-state index is 2.29. The molecule has 0 aliphatic carbocycles. The molecular formula is C16H35S+. The van der Waals surface area contributed by atoms with E-state index in [1.165, 1.54) is 88.6 Å². The van der Waals surface area contributed by atoms with Crippen molar-refractivity contribution in [2.75, 3.05) is 11.5 Å². The third-order valence-electron chi connectivity index (χ3n) is 3.34. The molecule has 0 aromatic heterocycles.